The molecule has 9 heteroatoms. The van der Waals surface area contributed by atoms with E-state index >= 15 is 0 Å². The van der Waals surface area contributed by atoms with Gasteiger partial charge in [-0.05, 0) is 12.1 Å². The number of allylic oxidation sites excluding steroid dienone is 1. The average Bonchev–Trinajstić information content (AvgIpc) is 3.52. The van der Waals surface area contributed by atoms with Crippen LogP contribution >= 0.6 is 23.5 Å². The van der Waals surface area contributed by atoms with Gasteiger partial charge in [0.05, 0.1) is 12.3 Å². The van der Waals surface area contributed by atoms with Crippen molar-refractivity contribution in [1.29, 1.82) is 0 Å². The van der Waals surface area contributed by atoms with E-state index in [1.54, 1.807) is 29.8 Å². The summed E-state index contributed by atoms with van der Waals surface area (Å²) >= 11 is 3.43. The zero-order valence-corrected chi connectivity index (χ0v) is 17.1. The third-order valence-electron chi connectivity index (χ3n) is 4.64. The second-order valence-corrected chi connectivity index (χ2v) is 8.48. The van der Waals surface area contributed by atoms with E-state index in [-0.39, 0.29) is 6.04 Å². The van der Waals surface area contributed by atoms with E-state index in [4.69, 9.17) is 4.42 Å². The largest absolute Gasteiger partial charge is 0.461 e. The van der Waals surface area contributed by atoms with E-state index in [1.807, 2.05) is 41.0 Å². The molecule has 1 unspecified atom stereocenters. The molecular formula is C20H18N6OS2. The molecule has 5 rings (SSSR count). The van der Waals surface area contributed by atoms with Crippen LogP contribution in [-0.2, 0) is 6.54 Å². The van der Waals surface area contributed by atoms with Crippen molar-refractivity contribution in [3.63, 3.8) is 0 Å². The maximum Gasteiger partial charge on any atom is 0.200 e. The van der Waals surface area contributed by atoms with Gasteiger partial charge in [0.15, 0.2) is 21.9 Å². The van der Waals surface area contributed by atoms with Crippen LogP contribution in [0.15, 0.2) is 76.1 Å². The number of rotatable bonds is 7. The first-order valence-corrected chi connectivity index (χ1v) is 11.2. The van der Waals surface area contributed by atoms with Crippen molar-refractivity contribution in [2.24, 2.45) is 0 Å². The molecule has 0 aliphatic carbocycles. The number of hydrogen-bond donors (Lipinski definition) is 0. The van der Waals surface area contributed by atoms with Crippen LogP contribution in [0.5, 0.6) is 0 Å². The molecule has 0 radical (unpaired) electrons. The Hall–Kier alpha value is -2.78. The van der Waals surface area contributed by atoms with Gasteiger partial charge in [-0.2, -0.15) is 0 Å². The number of thioether (sulfide) groups is 2. The summed E-state index contributed by atoms with van der Waals surface area (Å²) in [6, 6.07) is 14.2. The number of furan rings is 1. The summed E-state index contributed by atoms with van der Waals surface area (Å²) in [5.74, 6) is 4.16. The zero-order valence-electron chi connectivity index (χ0n) is 15.5. The lowest BCUT2D eigenvalue weighted by atomic mass is 10.2. The van der Waals surface area contributed by atoms with Crippen molar-refractivity contribution < 1.29 is 4.42 Å². The Labute approximate surface area is 176 Å². The molecule has 0 amide bonds. The van der Waals surface area contributed by atoms with Crippen LogP contribution in [0.1, 0.15) is 6.04 Å². The van der Waals surface area contributed by atoms with Gasteiger partial charge in [0.2, 0.25) is 5.82 Å². The normalized spacial score (nSPS) is 15.5. The van der Waals surface area contributed by atoms with Crippen molar-refractivity contribution in [3.8, 4) is 23.0 Å². The van der Waals surface area contributed by atoms with Crippen molar-refractivity contribution in [1.82, 2.24) is 29.5 Å². The van der Waals surface area contributed by atoms with Gasteiger partial charge in [-0.15, -0.1) is 27.0 Å². The van der Waals surface area contributed by atoms with Crippen LogP contribution in [0.2, 0.25) is 0 Å². The molecule has 1 aliphatic heterocycles. The molecule has 4 aromatic rings. The molecule has 146 valence electrons. The second kappa shape index (κ2) is 7.92. The number of fused-ring (bicyclic) bond motifs is 1. The fourth-order valence-electron chi connectivity index (χ4n) is 3.30. The van der Waals surface area contributed by atoms with Gasteiger partial charge in [0.1, 0.15) is 0 Å². The first-order valence-electron chi connectivity index (χ1n) is 9.19. The molecule has 4 heterocycles. The van der Waals surface area contributed by atoms with Gasteiger partial charge in [-0.1, -0.05) is 59.9 Å². The van der Waals surface area contributed by atoms with Crippen molar-refractivity contribution in [3.05, 3.63) is 61.4 Å². The number of hydrogen-bond acceptors (Lipinski definition) is 7. The van der Waals surface area contributed by atoms with E-state index in [0.29, 0.717) is 18.1 Å². The van der Waals surface area contributed by atoms with E-state index < -0.39 is 0 Å². The summed E-state index contributed by atoms with van der Waals surface area (Å²) in [6.07, 6.45) is 3.49. The van der Waals surface area contributed by atoms with Gasteiger partial charge >= 0.3 is 0 Å². The van der Waals surface area contributed by atoms with Gasteiger partial charge < -0.3 is 4.42 Å². The van der Waals surface area contributed by atoms with E-state index in [2.05, 4.69) is 43.7 Å². The first-order chi connectivity index (χ1) is 14.3. The molecule has 0 spiro atoms. The first kappa shape index (κ1) is 18.3. The van der Waals surface area contributed by atoms with Crippen molar-refractivity contribution in [2.45, 2.75) is 22.9 Å². The zero-order chi connectivity index (χ0) is 19.6. The fourth-order valence-corrected chi connectivity index (χ4v) is 5.56. The smallest absolute Gasteiger partial charge is 0.200 e. The minimum absolute atomic E-state index is 0.283. The van der Waals surface area contributed by atoms with E-state index in [1.165, 1.54) is 0 Å². The molecule has 1 atom stereocenters. The summed E-state index contributed by atoms with van der Waals surface area (Å²) in [5.41, 5.74) is 1.08. The molecule has 7 nitrogen and oxygen atoms in total. The summed E-state index contributed by atoms with van der Waals surface area (Å²) in [7, 11) is 0. The molecule has 29 heavy (non-hydrogen) atoms. The Morgan fingerprint density at radius 2 is 1.97 bits per heavy atom. The summed E-state index contributed by atoms with van der Waals surface area (Å²) < 4.78 is 9.78. The van der Waals surface area contributed by atoms with Crippen LogP contribution in [0.3, 0.4) is 0 Å². The minimum Gasteiger partial charge on any atom is -0.461 e. The number of aromatic nitrogens is 6. The average molecular weight is 423 g/mol. The maximum atomic E-state index is 5.51. The monoisotopic (exact) mass is 422 g/mol. The Balaban J connectivity index is 1.39. The van der Waals surface area contributed by atoms with E-state index in [9.17, 15) is 0 Å². The Morgan fingerprint density at radius 1 is 1.10 bits per heavy atom. The Morgan fingerprint density at radius 3 is 2.76 bits per heavy atom. The molecular weight excluding hydrogens is 404 g/mol. The summed E-state index contributed by atoms with van der Waals surface area (Å²) in [4.78, 5) is 0. The van der Waals surface area contributed by atoms with Crippen LogP contribution < -0.4 is 0 Å². The lowest BCUT2D eigenvalue weighted by Gasteiger charge is -2.14. The standard InChI is InChI=1S/C20H18N6OS2/c1-2-10-25-18(16-9-6-11-27-16)22-23-19(25)28-12-15-13-29-20-24-21-17(26(15)20)14-7-4-3-5-8-14/h2-9,11,15H,1,10,12-13H2. The van der Waals surface area contributed by atoms with E-state index in [0.717, 1.165) is 33.2 Å². The number of nitrogens with zero attached hydrogens (tertiary/aromatic N) is 6. The molecule has 1 aromatic carbocycles. The van der Waals surface area contributed by atoms with Crippen molar-refractivity contribution in [2.75, 3.05) is 11.5 Å². The van der Waals surface area contributed by atoms with Crippen molar-refractivity contribution >= 4 is 23.5 Å². The van der Waals surface area contributed by atoms with Crippen LogP contribution in [0.25, 0.3) is 23.0 Å². The summed E-state index contributed by atoms with van der Waals surface area (Å²) in [5, 5.41) is 19.3. The molecule has 0 saturated carbocycles. The Kier molecular flexibility index (Phi) is 4.99. The lowest BCUT2D eigenvalue weighted by Crippen LogP contribution is -2.12. The highest BCUT2D eigenvalue weighted by molar-refractivity contribution is 8.00. The molecule has 0 fully saturated rings. The van der Waals surface area contributed by atoms with Crippen LogP contribution in [0.4, 0.5) is 0 Å². The van der Waals surface area contributed by atoms with Gasteiger partial charge in [0.25, 0.3) is 0 Å². The third kappa shape index (κ3) is 3.40. The minimum atomic E-state index is 0.283. The van der Waals surface area contributed by atoms with Gasteiger partial charge in [0, 0.05) is 23.6 Å². The SMILES string of the molecule is C=CCn1c(SCC2CSc3nnc(-c4ccccc4)n32)nnc1-c1ccco1. The van der Waals surface area contributed by atoms with Crippen LogP contribution in [0, 0.1) is 0 Å². The topological polar surface area (TPSA) is 74.6 Å². The maximum absolute atomic E-state index is 5.51. The predicted molar refractivity (Wildman–Crippen MR) is 114 cm³/mol. The van der Waals surface area contributed by atoms with Gasteiger partial charge in [-0.3, -0.25) is 9.13 Å². The summed E-state index contributed by atoms with van der Waals surface area (Å²) in [6.45, 7) is 4.49. The molecule has 0 saturated heterocycles. The predicted octanol–water partition coefficient (Wildman–Crippen LogP) is 4.42. The highest BCUT2D eigenvalue weighted by Crippen LogP contribution is 2.39. The third-order valence-corrected chi connectivity index (χ3v) is 6.84. The van der Waals surface area contributed by atoms with Crippen LogP contribution in [-0.4, -0.2) is 41.0 Å². The highest BCUT2D eigenvalue weighted by Gasteiger charge is 2.29. The fraction of sp³-hybridized carbons (Fsp3) is 0.200. The Bertz CT molecular complexity index is 1120. The molecule has 0 N–H and O–H groups in total. The second-order valence-electron chi connectivity index (χ2n) is 6.50. The molecule has 1 aliphatic rings. The number of benzene rings is 1. The lowest BCUT2D eigenvalue weighted by molar-refractivity contribution is 0.569. The molecule has 3 aromatic heterocycles. The van der Waals surface area contributed by atoms with Gasteiger partial charge in [-0.25, -0.2) is 0 Å². The molecule has 0 bridgehead atoms. The quantitative estimate of drug-likeness (QED) is 0.322. The highest BCUT2D eigenvalue weighted by atomic mass is 32.2.